The van der Waals surface area contributed by atoms with Gasteiger partial charge in [-0.15, -0.1) is 11.3 Å². The summed E-state index contributed by atoms with van der Waals surface area (Å²) in [5.41, 5.74) is 0. The van der Waals surface area contributed by atoms with Gasteiger partial charge in [-0.1, -0.05) is 6.92 Å². The second-order valence-electron chi connectivity index (χ2n) is 5.83. The Morgan fingerprint density at radius 3 is 2.95 bits per heavy atom. The van der Waals surface area contributed by atoms with E-state index < -0.39 is 10.0 Å². The molecule has 0 radical (unpaired) electrons. The van der Waals surface area contributed by atoms with Crippen LogP contribution in [0.15, 0.2) is 11.4 Å². The summed E-state index contributed by atoms with van der Waals surface area (Å²) < 4.78 is 22.4. The van der Waals surface area contributed by atoms with E-state index in [2.05, 4.69) is 15.3 Å². The quantitative estimate of drug-likeness (QED) is 0.869. The third kappa shape index (κ3) is 3.56. The van der Waals surface area contributed by atoms with Gasteiger partial charge in [0.05, 0.1) is 11.1 Å². The van der Waals surface area contributed by atoms with Crippen molar-refractivity contribution in [3.05, 3.63) is 17.3 Å². The van der Waals surface area contributed by atoms with Crippen LogP contribution in [0.2, 0.25) is 0 Å². The molecule has 0 spiro atoms. The van der Waals surface area contributed by atoms with E-state index in [9.17, 15) is 8.42 Å². The van der Waals surface area contributed by atoms with Crippen LogP contribution in [0.4, 0.5) is 5.82 Å². The van der Waals surface area contributed by atoms with Crippen LogP contribution in [0.5, 0.6) is 0 Å². The largest absolute Gasteiger partial charge is 0.367 e. The van der Waals surface area contributed by atoms with Crippen molar-refractivity contribution in [1.29, 1.82) is 0 Å². The van der Waals surface area contributed by atoms with E-state index in [0.29, 0.717) is 0 Å². The van der Waals surface area contributed by atoms with Crippen LogP contribution < -0.4 is 10.5 Å². The number of nitrogens with one attached hydrogen (secondary N) is 1. The number of aromatic nitrogens is 2. The fraction of sp³-hybridized carbons (Fsp3) is 0.571. The maximum absolute atomic E-state index is 11.2. The second-order valence-corrected chi connectivity index (χ2v) is 8.38. The van der Waals surface area contributed by atoms with Gasteiger partial charge in [0.15, 0.2) is 0 Å². The number of thiophene rings is 1. The molecule has 6 nitrogen and oxygen atoms in total. The zero-order valence-electron chi connectivity index (χ0n) is 12.4. The van der Waals surface area contributed by atoms with Crippen molar-refractivity contribution in [3.8, 4) is 0 Å². The van der Waals surface area contributed by atoms with Gasteiger partial charge in [-0.2, -0.15) is 0 Å². The average molecular weight is 340 g/mol. The summed E-state index contributed by atoms with van der Waals surface area (Å²) in [7, 11) is -3.39. The fourth-order valence-electron chi connectivity index (χ4n) is 3.05. The molecule has 0 saturated heterocycles. The van der Waals surface area contributed by atoms with E-state index in [1.165, 1.54) is 0 Å². The van der Waals surface area contributed by atoms with E-state index in [1.807, 2.05) is 18.4 Å². The van der Waals surface area contributed by atoms with Gasteiger partial charge in [0, 0.05) is 12.5 Å². The first-order chi connectivity index (χ1) is 10.4. The highest BCUT2D eigenvalue weighted by atomic mass is 32.2. The molecule has 2 heterocycles. The number of rotatable bonds is 5. The molecule has 0 bridgehead atoms. The number of nitrogens with two attached hydrogens (primary N) is 1. The maximum Gasteiger partial charge on any atom is 0.209 e. The van der Waals surface area contributed by atoms with Crippen LogP contribution in [0.1, 0.15) is 32.0 Å². The summed E-state index contributed by atoms with van der Waals surface area (Å²) in [6.45, 7) is 2.04. The third-order valence-corrected chi connectivity index (χ3v) is 5.78. The molecule has 22 heavy (non-hydrogen) atoms. The first-order valence-corrected chi connectivity index (χ1v) is 10.0. The Morgan fingerprint density at radius 2 is 2.23 bits per heavy atom. The Hall–Kier alpha value is -1.25. The topological polar surface area (TPSA) is 98.0 Å². The Bertz CT molecular complexity index is 772. The summed E-state index contributed by atoms with van der Waals surface area (Å²) in [5, 5.41) is 11.7. The van der Waals surface area contributed by atoms with Gasteiger partial charge >= 0.3 is 0 Å². The maximum atomic E-state index is 11.2. The van der Waals surface area contributed by atoms with Crippen molar-refractivity contribution in [2.45, 2.75) is 38.6 Å². The zero-order valence-corrected chi connectivity index (χ0v) is 14.1. The molecule has 2 atom stereocenters. The molecule has 2 aromatic rings. The van der Waals surface area contributed by atoms with E-state index >= 15 is 0 Å². The van der Waals surface area contributed by atoms with E-state index in [0.717, 1.165) is 47.5 Å². The van der Waals surface area contributed by atoms with Gasteiger partial charge in [-0.05, 0) is 36.6 Å². The second kappa shape index (κ2) is 6.10. The lowest BCUT2D eigenvalue weighted by molar-refractivity contribution is 0.557. The normalized spacial score (nSPS) is 22.3. The predicted molar refractivity (Wildman–Crippen MR) is 89.5 cm³/mol. The molecule has 0 aliphatic heterocycles. The van der Waals surface area contributed by atoms with Crippen molar-refractivity contribution in [2.75, 3.05) is 11.1 Å². The monoisotopic (exact) mass is 340 g/mol. The Morgan fingerprint density at radius 1 is 1.41 bits per heavy atom. The molecule has 1 aliphatic rings. The molecule has 1 aliphatic carbocycles. The lowest BCUT2D eigenvalue weighted by Crippen LogP contribution is -2.23. The minimum atomic E-state index is -3.39. The summed E-state index contributed by atoms with van der Waals surface area (Å²) in [6, 6.07) is 2.27. The third-order valence-electron chi connectivity index (χ3n) is 4.04. The van der Waals surface area contributed by atoms with Crippen molar-refractivity contribution in [1.82, 2.24) is 9.97 Å². The van der Waals surface area contributed by atoms with Crippen LogP contribution in [-0.2, 0) is 16.4 Å². The van der Waals surface area contributed by atoms with Gasteiger partial charge in [0.1, 0.15) is 16.5 Å². The van der Waals surface area contributed by atoms with Crippen molar-refractivity contribution in [2.24, 2.45) is 11.1 Å². The standard InChI is InChI=1S/C14H20N4O2S2/c1-2-12-17-13(11-5-6-21-14(11)18-12)16-10-4-3-9(7-10)8-22(15,19)20/h5-6,9-10H,2-4,7-8H2,1H3,(H2,15,19,20)(H,16,17,18)/t9-,10+/m0/s1. The number of nitrogens with zero attached hydrogens (tertiary/aromatic N) is 2. The van der Waals surface area contributed by atoms with Crippen LogP contribution in [-0.4, -0.2) is 30.2 Å². The average Bonchev–Trinajstić information content (AvgIpc) is 3.06. The molecule has 1 saturated carbocycles. The molecule has 0 unspecified atom stereocenters. The lowest BCUT2D eigenvalue weighted by atomic mass is 10.1. The smallest absolute Gasteiger partial charge is 0.209 e. The Kier molecular flexibility index (Phi) is 4.33. The van der Waals surface area contributed by atoms with Crippen LogP contribution in [0.3, 0.4) is 0 Å². The molecule has 120 valence electrons. The predicted octanol–water partition coefficient (Wildman–Crippen LogP) is 2.12. The number of hydrogen-bond acceptors (Lipinski definition) is 6. The lowest BCUT2D eigenvalue weighted by Gasteiger charge is -2.15. The highest BCUT2D eigenvalue weighted by Gasteiger charge is 2.28. The summed E-state index contributed by atoms with van der Waals surface area (Å²) in [4.78, 5) is 10.1. The van der Waals surface area contributed by atoms with Gasteiger partial charge in [-0.3, -0.25) is 0 Å². The zero-order chi connectivity index (χ0) is 15.7. The molecule has 0 aromatic carbocycles. The molecule has 3 rings (SSSR count). The van der Waals surface area contributed by atoms with E-state index in [4.69, 9.17) is 5.14 Å². The molecule has 2 aromatic heterocycles. The summed E-state index contributed by atoms with van der Waals surface area (Å²) >= 11 is 1.61. The highest BCUT2D eigenvalue weighted by Crippen LogP contribution is 2.31. The number of aryl methyl sites for hydroxylation is 1. The van der Waals surface area contributed by atoms with Gasteiger partial charge in [0.2, 0.25) is 10.0 Å². The van der Waals surface area contributed by atoms with Crippen molar-refractivity contribution in [3.63, 3.8) is 0 Å². The highest BCUT2D eigenvalue weighted by molar-refractivity contribution is 7.89. The van der Waals surface area contributed by atoms with E-state index in [-0.39, 0.29) is 17.7 Å². The van der Waals surface area contributed by atoms with Gasteiger partial charge < -0.3 is 5.32 Å². The Labute approximate surface area is 134 Å². The van der Waals surface area contributed by atoms with Crippen molar-refractivity contribution >= 4 is 37.4 Å². The minimum Gasteiger partial charge on any atom is -0.367 e. The number of hydrogen-bond donors (Lipinski definition) is 2. The number of fused-ring (bicyclic) bond motifs is 1. The van der Waals surface area contributed by atoms with Gasteiger partial charge in [0.25, 0.3) is 0 Å². The summed E-state index contributed by atoms with van der Waals surface area (Å²) in [6.07, 6.45) is 3.43. The molecular weight excluding hydrogens is 320 g/mol. The first-order valence-electron chi connectivity index (χ1n) is 7.45. The van der Waals surface area contributed by atoms with Crippen LogP contribution >= 0.6 is 11.3 Å². The Balaban J connectivity index is 1.75. The first kappa shape index (κ1) is 15.6. The number of primary sulfonamides is 1. The molecule has 1 fully saturated rings. The molecule has 3 N–H and O–H groups in total. The van der Waals surface area contributed by atoms with Gasteiger partial charge in [-0.25, -0.2) is 23.5 Å². The fourth-order valence-corrected chi connectivity index (χ4v) is 4.79. The van der Waals surface area contributed by atoms with Crippen LogP contribution in [0, 0.1) is 5.92 Å². The molecule has 0 amide bonds. The minimum absolute atomic E-state index is 0.0724. The molecule has 8 heteroatoms. The van der Waals surface area contributed by atoms with E-state index in [1.54, 1.807) is 11.3 Å². The van der Waals surface area contributed by atoms with Crippen LogP contribution in [0.25, 0.3) is 10.2 Å². The number of sulfonamides is 1. The number of anilines is 1. The molecular formula is C14H20N4O2S2. The SMILES string of the molecule is CCc1nc(N[C@@H]2CC[C@H](CS(N)(=O)=O)C2)c2ccsc2n1. The summed E-state index contributed by atoms with van der Waals surface area (Å²) in [5.74, 6) is 1.90. The van der Waals surface area contributed by atoms with Crippen molar-refractivity contribution < 1.29 is 8.42 Å².